The molecule has 2 bridgehead atoms. The van der Waals surface area contributed by atoms with Crippen LogP contribution in [0.15, 0.2) is 23.0 Å². The van der Waals surface area contributed by atoms with Gasteiger partial charge >= 0.3 is 0 Å². The van der Waals surface area contributed by atoms with Crippen molar-refractivity contribution in [2.24, 2.45) is 11.8 Å². The summed E-state index contributed by atoms with van der Waals surface area (Å²) in [6, 6.07) is 4.89. The summed E-state index contributed by atoms with van der Waals surface area (Å²) in [5.41, 5.74) is 1.07. The lowest BCUT2D eigenvalue weighted by Crippen LogP contribution is -2.56. The highest BCUT2D eigenvalue weighted by molar-refractivity contribution is 5.87. The highest BCUT2D eigenvalue weighted by atomic mass is 16.2. The molecule has 2 aliphatic rings. The number of carbonyl (C=O) groups excluding carboxylic acids is 2. The highest BCUT2D eigenvalue weighted by Crippen LogP contribution is 2.35. The zero-order valence-corrected chi connectivity index (χ0v) is 14.5. The molecular formula is C18H25N3O3. The van der Waals surface area contributed by atoms with Crippen LogP contribution in [0.4, 0.5) is 0 Å². The van der Waals surface area contributed by atoms with Crippen molar-refractivity contribution >= 4 is 11.8 Å². The van der Waals surface area contributed by atoms with Gasteiger partial charge in [-0.2, -0.15) is 0 Å². The fourth-order valence-corrected chi connectivity index (χ4v) is 4.01. The highest BCUT2D eigenvalue weighted by Gasteiger charge is 2.38. The van der Waals surface area contributed by atoms with Crippen molar-refractivity contribution in [1.82, 2.24) is 14.8 Å². The monoisotopic (exact) mass is 331 g/mol. The second kappa shape index (κ2) is 6.42. The van der Waals surface area contributed by atoms with Crippen LogP contribution in [0.1, 0.15) is 38.8 Å². The molecule has 0 spiro atoms. The lowest BCUT2D eigenvalue weighted by Gasteiger charge is -2.44. The van der Waals surface area contributed by atoms with Gasteiger partial charge in [-0.25, -0.2) is 0 Å². The Balaban J connectivity index is 1.82. The molecule has 3 heterocycles. The van der Waals surface area contributed by atoms with Crippen LogP contribution in [0.25, 0.3) is 0 Å². The molecule has 0 saturated carbocycles. The number of amides is 2. The number of fused-ring (bicyclic) bond motifs is 4. The molecule has 1 N–H and O–H groups in total. The van der Waals surface area contributed by atoms with E-state index < -0.39 is 6.04 Å². The van der Waals surface area contributed by atoms with Gasteiger partial charge in [0, 0.05) is 44.2 Å². The normalized spacial score (nSPS) is 23.6. The molecule has 0 unspecified atom stereocenters. The Hall–Kier alpha value is -2.11. The largest absolute Gasteiger partial charge is 0.344 e. The molecule has 0 aromatic carbocycles. The zero-order chi connectivity index (χ0) is 17.4. The van der Waals surface area contributed by atoms with Gasteiger partial charge in [0.2, 0.25) is 11.8 Å². The standard InChI is InChI=1S/C18H25N3O3/c1-11(2)17(19-12(3)22)18(24)20-8-13-7-14(10-20)15-5-4-6-16(23)21(15)9-13/h4-6,11,13-14,17H,7-10H2,1-3H3,(H,19,22)/t13-,14-,17+/m0/s1. The Morgan fingerprint density at radius 2 is 1.96 bits per heavy atom. The van der Waals surface area contributed by atoms with E-state index in [2.05, 4.69) is 5.32 Å². The SMILES string of the molecule is CC(=O)N[C@@H](C(=O)N1C[C@@H]2C[C@@H](C1)c1cccc(=O)n1C2)C(C)C. The molecule has 1 aromatic rings. The van der Waals surface area contributed by atoms with Crippen LogP contribution < -0.4 is 10.9 Å². The molecule has 1 aromatic heterocycles. The van der Waals surface area contributed by atoms with Crippen LogP contribution in [0.2, 0.25) is 0 Å². The van der Waals surface area contributed by atoms with E-state index in [1.165, 1.54) is 6.92 Å². The average molecular weight is 331 g/mol. The Morgan fingerprint density at radius 3 is 2.62 bits per heavy atom. The van der Waals surface area contributed by atoms with Gasteiger partial charge in [-0.15, -0.1) is 0 Å². The van der Waals surface area contributed by atoms with Gasteiger partial charge < -0.3 is 14.8 Å². The third-order valence-corrected chi connectivity index (χ3v) is 5.08. The van der Waals surface area contributed by atoms with Crippen molar-refractivity contribution in [1.29, 1.82) is 0 Å². The second-order valence-corrected chi connectivity index (χ2v) is 7.36. The summed E-state index contributed by atoms with van der Waals surface area (Å²) in [4.78, 5) is 38.3. The Labute approximate surface area is 141 Å². The molecule has 1 fully saturated rings. The number of hydrogen-bond donors (Lipinski definition) is 1. The molecule has 6 heteroatoms. The van der Waals surface area contributed by atoms with Crippen molar-refractivity contribution < 1.29 is 9.59 Å². The number of carbonyl (C=O) groups is 2. The summed E-state index contributed by atoms with van der Waals surface area (Å²) in [5, 5.41) is 2.79. The van der Waals surface area contributed by atoms with E-state index in [1.54, 1.807) is 12.1 Å². The summed E-state index contributed by atoms with van der Waals surface area (Å²) in [6.07, 6.45) is 1.01. The van der Waals surface area contributed by atoms with Gasteiger partial charge in [-0.05, 0) is 24.3 Å². The van der Waals surface area contributed by atoms with Gasteiger partial charge in [0.15, 0.2) is 0 Å². The van der Waals surface area contributed by atoms with Crippen molar-refractivity contribution in [2.45, 2.75) is 45.7 Å². The average Bonchev–Trinajstić information content (AvgIpc) is 2.52. The van der Waals surface area contributed by atoms with Crippen LogP contribution in [0.3, 0.4) is 0 Å². The van der Waals surface area contributed by atoms with Crippen molar-refractivity contribution in [2.75, 3.05) is 13.1 Å². The summed E-state index contributed by atoms with van der Waals surface area (Å²) in [5.74, 6) is 0.335. The molecule has 1 saturated heterocycles. The van der Waals surface area contributed by atoms with E-state index in [-0.39, 0.29) is 29.2 Å². The summed E-state index contributed by atoms with van der Waals surface area (Å²) >= 11 is 0. The zero-order valence-electron chi connectivity index (χ0n) is 14.5. The first-order chi connectivity index (χ1) is 11.4. The first-order valence-electron chi connectivity index (χ1n) is 8.62. The molecule has 24 heavy (non-hydrogen) atoms. The lowest BCUT2D eigenvalue weighted by molar-refractivity contribution is -0.139. The summed E-state index contributed by atoms with van der Waals surface area (Å²) in [7, 11) is 0. The Bertz CT molecular complexity index is 710. The predicted molar refractivity (Wildman–Crippen MR) is 90.6 cm³/mol. The fraction of sp³-hybridized carbons (Fsp3) is 0.611. The number of nitrogens with one attached hydrogen (secondary N) is 1. The number of piperidine rings is 1. The maximum Gasteiger partial charge on any atom is 0.250 e. The van der Waals surface area contributed by atoms with Gasteiger partial charge in [-0.1, -0.05) is 19.9 Å². The maximum atomic E-state index is 12.9. The van der Waals surface area contributed by atoms with Gasteiger partial charge in [-0.3, -0.25) is 14.4 Å². The van der Waals surface area contributed by atoms with Gasteiger partial charge in [0.05, 0.1) is 0 Å². The third kappa shape index (κ3) is 3.09. The van der Waals surface area contributed by atoms with Crippen molar-refractivity contribution in [3.8, 4) is 0 Å². The first kappa shape index (κ1) is 16.7. The van der Waals surface area contributed by atoms with Crippen LogP contribution in [-0.2, 0) is 16.1 Å². The molecule has 0 aliphatic carbocycles. The number of hydrogen-bond acceptors (Lipinski definition) is 3. The van der Waals surface area contributed by atoms with Crippen molar-refractivity contribution in [3.63, 3.8) is 0 Å². The van der Waals surface area contributed by atoms with E-state index in [0.29, 0.717) is 25.6 Å². The minimum atomic E-state index is -0.487. The van der Waals surface area contributed by atoms with Crippen LogP contribution in [0.5, 0.6) is 0 Å². The first-order valence-corrected chi connectivity index (χ1v) is 8.62. The minimum Gasteiger partial charge on any atom is -0.344 e. The van der Waals surface area contributed by atoms with E-state index in [1.807, 2.05) is 29.4 Å². The number of likely N-dealkylation sites (tertiary alicyclic amines) is 1. The maximum absolute atomic E-state index is 12.9. The second-order valence-electron chi connectivity index (χ2n) is 7.36. The number of rotatable bonds is 3. The van der Waals surface area contributed by atoms with Crippen LogP contribution in [-0.4, -0.2) is 40.4 Å². The van der Waals surface area contributed by atoms with E-state index in [4.69, 9.17) is 0 Å². The number of pyridine rings is 1. The van der Waals surface area contributed by atoms with Gasteiger partial charge in [0.1, 0.15) is 6.04 Å². The van der Waals surface area contributed by atoms with Crippen molar-refractivity contribution in [3.05, 3.63) is 34.2 Å². The van der Waals surface area contributed by atoms with E-state index in [0.717, 1.165) is 12.1 Å². The molecule has 6 nitrogen and oxygen atoms in total. The fourth-order valence-electron chi connectivity index (χ4n) is 4.01. The lowest BCUT2D eigenvalue weighted by atomic mass is 9.82. The topological polar surface area (TPSA) is 71.4 Å². The number of nitrogens with zero attached hydrogens (tertiary/aromatic N) is 2. The molecular weight excluding hydrogens is 306 g/mol. The number of aromatic nitrogens is 1. The summed E-state index contributed by atoms with van der Waals surface area (Å²) < 4.78 is 1.86. The van der Waals surface area contributed by atoms with Crippen LogP contribution >= 0.6 is 0 Å². The third-order valence-electron chi connectivity index (χ3n) is 5.08. The summed E-state index contributed by atoms with van der Waals surface area (Å²) in [6.45, 7) is 7.26. The van der Waals surface area contributed by atoms with Crippen LogP contribution in [0, 0.1) is 11.8 Å². The van der Waals surface area contributed by atoms with E-state index >= 15 is 0 Å². The Kier molecular flexibility index (Phi) is 4.47. The predicted octanol–water partition coefficient (Wildman–Crippen LogP) is 0.955. The Morgan fingerprint density at radius 1 is 1.21 bits per heavy atom. The smallest absolute Gasteiger partial charge is 0.250 e. The van der Waals surface area contributed by atoms with E-state index in [9.17, 15) is 14.4 Å². The molecule has 130 valence electrons. The quantitative estimate of drug-likeness (QED) is 0.896. The molecule has 0 radical (unpaired) electrons. The molecule has 2 amide bonds. The molecule has 3 rings (SSSR count). The minimum absolute atomic E-state index is 0.0124. The van der Waals surface area contributed by atoms with Gasteiger partial charge in [0.25, 0.3) is 5.56 Å². The molecule has 2 aliphatic heterocycles. The molecule has 3 atom stereocenters.